The number of amides is 2. The van der Waals surface area contributed by atoms with E-state index in [9.17, 15) is 23.2 Å². The van der Waals surface area contributed by atoms with Crippen molar-refractivity contribution in [1.29, 1.82) is 0 Å². The predicted octanol–water partition coefficient (Wildman–Crippen LogP) is 3.78. The van der Waals surface area contributed by atoms with E-state index in [0.29, 0.717) is 0 Å². The average Bonchev–Trinajstić information content (AvgIpc) is 3.09. The molecule has 1 aliphatic rings. The minimum Gasteiger partial charge on any atom is -0.477 e. The van der Waals surface area contributed by atoms with Gasteiger partial charge in [-0.05, 0) is 28.2 Å². The number of benzene rings is 2. The van der Waals surface area contributed by atoms with Crippen molar-refractivity contribution in [3.05, 3.63) is 59.7 Å². The molecule has 3 N–H and O–H groups in total. The van der Waals surface area contributed by atoms with E-state index in [1.54, 1.807) is 13.8 Å². The summed E-state index contributed by atoms with van der Waals surface area (Å²) in [4.78, 5) is 35.0. The Labute approximate surface area is 190 Å². The van der Waals surface area contributed by atoms with E-state index in [1.165, 1.54) is 0 Å². The fourth-order valence-electron chi connectivity index (χ4n) is 3.80. The van der Waals surface area contributed by atoms with E-state index in [2.05, 4.69) is 5.32 Å². The Morgan fingerprint density at radius 1 is 1.03 bits per heavy atom. The molecule has 0 heterocycles. The van der Waals surface area contributed by atoms with E-state index in [-0.39, 0.29) is 24.9 Å². The Balaban J connectivity index is 1.58. The summed E-state index contributed by atoms with van der Waals surface area (Å²) >= 11 is 0. The molecule has 2 aromatic carbocycles. The summed E-state index contributed by atoms with van der Waals surface area (Å²) in [6, 6.07) is 15.1. The number of ether oxygens (including phenoxy) is 1. The number of hydrogen-bond acceptors (Lipinski definition) is 4. The van der Waals surface area contributed by atoms with Gasteiger partial charge in [-0.1, -0.05) is 62.4 Å². The Morgan fingerprint density at radius 3 is 2.09 bits per heavy atom. The Hall–Kier alpha value is -3.49. The van der Waals surface area contributed by atoms with Crippen LogP contribution in [0.1, 0.15) is 37.3 Å². The lowest BCUT2D eigenvalue weighted by Gasteiger charge is -2.23. The predicted molar refractivity (Wildman–Crippen MR) is 117 cm³/mol. The lowest BCUT2D eigenvalue weighted by molar-refractivity contribution is -0.164. The third-order valence-corrected chi connectivity index (χ3v) is 5.68. The third-order valence-electron chi connectivity index (χ3n) is 5.68. The molecule has 0 bridgehead atoms. The van der Waals surface area contributed by atoms with Crippen molar-refractivity contribution >= 4 is 18.0 Å². The maximum Gasteiger partial charge on any atom is 0.407 e. The highest BCUT2D eigenvalue weighted by Gasteiger charge is 2.39. The van der Waals surface area contributed by atoms with Gasteiger partial charge in [-0.3, -0.25) is 4.79 Å². The van der Waals surface area contributed by atoms with Gasteiger partial charge < -0.3 is 20.5 Å². The Kier molecular flexibility index (Phi) is 7.30. The monoisotopic (exact) mass is 460 g/mol. The van der Waals surface area contributed by atoms with Gasteiger partial charge in [0.1, 0.15) is 6.61 Å². The number of aliphatic carboxylic acids is 1. The quantitative estimate of drug-likeness (QED) is 0.528. The number of fused-ring (bicyclic) bond motifs is 3. The van der Waals surface area contributed by atoms with Gasteiger partial charge in [-0.15, -0.1) is 0 Å². The largest absolute Gasteiger partial charge is 0.477 e. The first-order chi connectivity index (χ1) is 15.6. The number of nitrogens with one attached hydrogen (secondary N) is 2. The Bertz CT molecular complexity index is 996. The molecule has 1 atom stereocenters. The molecule has 2 amide bonds. The van der Waals surface area contributed by atoms with E-state index in [4.69, 9.17) is 9.84 Å². The molecule has 0 saturated carbocycles. The molecule has 176 valence electrons. The first-order valence-electron chi connectivity index (χ1n) is 10.6. The zero-order chi connectivity index (χ0) is 24.2. The first-order valence-corrected chi connectivity index (χ1v) is 10.6. The molecule has 0 radical (unpaired) electrons. The van der Waals surface area contributed by atoms with Crippen LogP contribution >= 0.6 is 0 Å². The maximum absolute atomic E-state index is 13.2. The molecule has 7 nitrogen and oxygen atoms in total. The molecule has 1 aliphatic carbocycles. The lowest BCUT2D eigenvalue weighted by Crippen LogP contribution is -2.46. The van der Waals surface area contributed by atoms with E-state index >= 15 is 0 Å². The second kappa shape index (κ2) is 9.97. The second-order valence-electron chi connectivity index (χ2n) is 8.31. The number of carbonyl (C=O) groups is 3. The fraction of sp³-hybridized carbons (Fsp3) is 0.375. The van der Waals surface area contributed by atoms with Crippen molar-refractivity contribution in [3.8, 4) is 11.1 Å². The fourth-order valence-corrected chi connectivity index (χ4v) is 3.80. The van der Waals surface area contributed by atoms with Gasteiger partial charge in [0.15, 0.2) is 0 Å². The van der Waals surface area contributed by atoms with Crippen LogP contribution in [0.25, 0.3) is 11.1 Å². The molecular weight excluding hydrogens is 434 g/mol. The zero-order valence-corrected chi connectivity index (χ0v) is 18.3. The molecule has 2 aromatic rings. The summed E-state index contributed by atoms with van der Waals surface area (Å²) in [5.41, 5.74) is 4.31. The Morgan fingerprint density at radius 2 is 1.58 bits per heavy atom. The summed E-state index contributed by atoms with van der Waals surface area (Å²) < 4.78 is 31.8. The van der Waals surface area contributed by atoms with Crippen LogP contribution in [0.5, 0.6) is 0 Å². The molecule has 0 fully saturated rings. The number of carboxylic acid groups (broad SMARTS) is 1. The minimum atomic E-state index is -4.07. The molecular formula is C24H26F2N2O5. The first kappa shape index (κ1) is 24.2. The number of hydrogen-bond donors (Lipinski definition) is 3. The minimum absolute atomic E-state index is 0.0989. The van der Waals surface area contributed by atoms with Gasteiger partial charge in [0.05, 0.1) is 6.54 Å². The molecule has 0 spiro atoms. The number of alkyl halides is 2. The van der Waals surface area contributed by atoms with Crippen molar-refractivity contribution in [2.45, 2.75) is 38.2 Å². The van der Waals surface area contributed by atoms with Crippen LogP contribution in [0.2, 0.25) is 0 Å². The third kappa shape index (κ3) is 5.66. The average molecular weight is 460 g/mol. The van der Waals surface area contributed by atoms with E-state index in [1.807, 2.05) is 53.8 Å². The summed E-state index contributed by atoms with van der Waals surface area (Å²) in [7, 11) is 0. The lowest BCUT2D eigenvalue weighted by atomic mass is 9.98. The van der Waals surface area contributed by atoms with Crippen molar-refractivity contribution in [2.75, 3.05) is 13.2 Å². The molecule has 0 unspecified atom stereocenters. The maximum atomic E-state index is 13.2. The molecule has 0 aromatic heterocycles. The van der Waals surface area contributed by atoms with Crippen molar-refractivity contribution in [1.82, 2.24) is 10.6 Å². The molecule has 9 heteroatoms. The van der Waals surface area contributed by atoms with Crippen molar-refractivity contribution in [2.24, 2.45) is 5.92 Å². The number of halogens is 2. The normalized spacial score (nSPS) is 13.7. The van der Waals surface area contributed by atoms with Gasteiger partial charge in [-0.25, -0.2) is 9.59 Å². The van der Waals surface area contributed by atoms with Crippen molar-refractivity contribution in [3.63, 3.8) is 0 Å². The number of carboxylic acids is 1. The summed E-state index contributed by atoms with van der Waals surface area (Å²) in [6.45, 7) is 2.29. The number of rotatable bonds is 9. The summed E-state index contributed by atoms with van der Waals surface area (Å²) in [5, 5.41) is 13.0. The van der Waals surface area contributed by atoms with Crippen LogP contribution in [0.15, 0.2) is 48.5 Å². The molecule has 0 aliphatic heterocycles. The zero-order valence-electron chi connectivity index (χ0n) is 18.3. The van der Waals surface area contributed by atoms with Crippen LogP contribution in [-0.4, -0.2) is 48.2 Å². The molecule has 33 heavy (non-hydrogen) atoms. The smallest absolute Gasteiger partial charge is 0.407 e. The van der Waals surface area contributed by atoms with Crippen LogP contribution in [0.3, 0.4) is 0 Å². The number of carbonyl (C=O) groups excluding carboxylic acids is 2. The summed E-state index contributed by atoms with van der Waals surface area (Å²) in [5.74, 6) is -7.50. The number of alkyl carbamates (subject to hydrolysis) is 1. The van der Waals surface area contributed by atoms with Gasteiger partial charge in [0.2, 0.25) is 5.91 Å². The highest BCUT2D eigenvalue weighted by Crippen LogP contribution is 2.44. The second-order valence-corrected chi connectivity index (χ2v) is 8.31. The van der Waals surface area contributed by atoms with E-state index in [0.717, 1.165) is 22.3 Å². The van der Waals surface area contributed by atoms with E-state index < -0.39 is 36.5 Å². The van der Waals surface area contributed by atoms with Crippen LogP contribution < -0.4 is 10.6 Å². The van der Waals surface area contributed by atoms with Crippen LogP contribution in [-0.2, 0) is 14.3 Å². The van der Waals surface area contributed by atoms with Gasteiger partial charge in [0, 0.05) is 18.4 Å². The molecule has 0 saturated heterocycles. The standard InChI is InChI=1S/C24H26F2N2O5/c1-14(2)20(11-21(29)27-13-24(25,26)22(30)31)28-23(32)33-12-19-17-9-5-3-7-15(17)16-8-4-6-10-18(16)19/h3-10,14,19-20H,11-13H2,1-2H3,(H,27,29)(H,28,32)(H,30,31)/t20-/m1/s1. The molecule has 3 rings (SSSR count). The van der Waals surface area contributed by atoms with Gasteiger partial charge >= 0.3 is 18.0 Å². The topological polar surface area (TPSA) is 105 Å². The van der Waals surface area contributed by atoms with Crippen LogP contribution in [0, 0.1) is 5.92 Å². The van der Waals surface area contributed by atoms with Gasteiger partial charge in [-0.2, -0.15) is 8.78 Å². The highest BCUT2D eigenvalue weighted by molar-refractivity contribution is 5.81. The highest BCUT2D eigenvalue weighted by atomic mass is 19.3. The van der Waals surface area contributed by atoms with Crippen LogP contribution in [0.4, 0.5) is 13.6 Å². The van der Waals surface area contributed by atoms with Crippen molar-refractivity contribution < 1.29 is 33.0 Å². The SMILES string of the molecule is CC(C)[C@@H](CC(=O)NCC(F)(F)C(=O)O)NC(=O)OCC1c2ccccc2-c2ccccc21. The van der Waals surface area contributed by atoms with Gasteiger partial charge in [0.25, 0.3) is 0 Å². The summed E-state index contributed by atoms with van der Waals surface area (Å²) in [6.07, 6.45) is -1.02.